The van der Waals surface area contributed by atoms with Gasteiger partial charge in [0.1, 0.15) is 5.76 Å². The first kappa shape index (κ1) is 40.5. The number of aliphatic hydroxyl groups excluding tert-OH is 1. The summed E-state index contributed by atoms with van der Waals surface area (Å²) in [5.41, 5.74) is 5.99. The van der Waals surface area contributed by atoms with E-state index in [0.29, 0.717) is 35.4 Å². The number of nitrogens with zero attached hydrogens (tertiary/aromatic N) is 3. The number of hydrogen-bond donors (Lipinski definition) is 2. The Bertz CT molecular complexity index is 1570. The number of carbonyl (C=O) groups excluding carboxylic acids is 3. The van der Waals surface area contributed by atoms with Crippen molar-refractivity contribution in [3.63, 3.8) is 0 Å². The fourth-order valence-corrected chi connectivity index (χ4v) is 7.07. The molecule has 0 aliphatic heterocycles. The Hall–Kier alpha value is -3.94. The van der Waals surface area contributed by atoms with Gasteiger partial charge in [-0.05, 0) is 103 Å². The van der Waals surface area contributed by atoms with Gasteiger partial charge in [-0.3, -0.25) is 14.4 Å². The lowest BCUT2D eigenvalue weighted by Gasteiger charge is -2.31. The zero-order valence-corrected chi connectivity index (χ0v) is 32.5. The molecule has 2 unspecified atom stereocenters. The second-order valence-electron chi connectivity index (χ2n) is 13.5. The first-order valence-electron chi connectivity index (χ1n) is 19.2. The fraction of sp³-hybridized carbons (Fsp3) is 0.571. The molecule has 3 rings (SSSR count). The van der Waals surface area contributed by atoms with E-state index in [-0.39, 0.29) is 46.3 Å². The van der Waals surface area contributed by atoms with Gasteiger partial charge in [-0.2, -0.15) is 0 Å². The maximum atomic E-state index is 14.3. The number of nitrogens with one attached hydrogen (secondary N) is 1. The van der Waals surface area contributed by atoms with Crippen LogP contribution in [0.4, 0.5) is 11.4 Å². The van der Waals surface area contributed by atoms with Gasteiger partial charge < -0.3 is 20.2 Å². The number of likely N-dealkylation sites (N-methyl/N-ethyl adjacent to an activating group) is 1. The minimum absolute atomic E-state index is 0.0802. The normalized spacial score (nSPS) is 18.0. The molecule has 1 aromatic carbocycles. The third-order valence-electron chi connectivity index (χ3n) is 10.3. The van der Waals surface area contributed by atoms with Gasteiger partial charge in [-0.15, -0.1) is 0 Å². The predicted octanol–water partition coefficient (Wildman–Crippen LogP) is 9.51. The Morgan fingerprint density at radius 2 is 1.38 bits per heavy atom. The first-order valence-corrected chi connectivity index (χ1v) is 19.2. The highest BCUT2D eigenvalue weighted by molar-refractivity contribution is 6.42. The molecule has 2 aliphatic rings. The number of aliphatic hydroxyl groups is 1. The average molecular weight is 687 g/mol. The summed E-state index contributed by atoms with van der Waals surface area (Å²) < 4.78 is 0. The minimum Gasteiger partial charge on any atom is -0.506 e. The van der Waals surface area contributed by atoms with Crippen LogP contribution in [0.2, 0.25) is 0 Å². The molecule has 2 atom stereocenters. The minimum atomic E-state index is -0.331. The molecular weight excluding hydrogens is 624 g/mol. The van der Waals surface area contributed by atoms with E-state index in [1.165, 1.54) is 0 Å². The summed E-state index contributed by atoms with van der Waals surface area (Å²) in [6.45, 7) is 23.7. The third-order valence-corrected chi connectivity index (χ3v) is 10.3. The molecule has 1 aromatic rings. The Labute approximate surface area is 301 Å². The maximum Gasteiger partial charge on any atom is 0.249 e. The van der Waals surface area contributed by atoms with Crippen LogP contribution in [-0.4, -0.2) is 59.5 Å². The van der Waals surface area contributed by atoms with Crippen molar-refractivity contribution in [3.05, 3.63) is 63.6 Å². The quantitative estimate of drug-likeness (QED) is 0.149. The van der Waals surface area contributed by atoms with Crippen molar-refractivity contribution < 1.29 is 19.5 Å². The number of allylic oxidation sites excluding steroid dienone is 6. The number of unbranched alkanes of at least 4 members (excludes halogenated alkanes) is 2. The molecule has 0 heterocycles. The second-order valence-corrected chi connectivity index (χ2v) is 13.5. The van der Waals surface area contributed by atoms with Crippen LogP contribution in [0.3, 0.4) is 0 Å². The Balaban J connectivity index is 2.25. The Kier molecular flexibility index (Phi) is 15.3. The summed E-state index contributed by atoms with van der Waals surface area (Å²) in [5, 5.41) is 14.9. The number of ketones is 1. The van der Waals surface area contributed by atoms with Crippen LogP contribution in [0.25, 0.3) is 5.57 Å². The highest BCUT2D eigenvalue weighted by atomic mass is 16.3. The predicted molar refractivity (Wildman–Crippen MR) is 209 cm³/mol. The zero-order valence-electron chi connectivity index (χ0n) is 32.5. The maximum absolute atomic E-state index is 14.3. The molecule has 0 bridgehead atoms. The summed E-state index contributed by atoms with van der Waals surface area (Å²) in [4.78, 5) is 50.5. The van der Waals surface area contributed by atoms with Gasteiger partial charge in [-0.25, -0.2) is 4.99 Å². The van der Waals surface area contributed by atoms with Crippen LogP contribution in [0.1, 0.15) is 125 Å². The van der Waals surface area contributed by atoms with Crippen molar-refractivity contribution in [2.75, 3.05) is 36.4 Å². The van der Waals surface area contributed by atoms with Gasteiger partial charge in [0.05, 0.1) is 22.5 Å². The van der Waals surface area contributed by atoms with Crippen LogP contribution < -0.4 is 10.2 Å². The van der Waals surface area contributed by atoms with E-state index in [2.05, 4.69) is 61.7 Å². The van der Waals surface area contributed by atoms with Crippen molar-refractivity contribution in [1.82, 2.24) is 4.90 Å². The number of aliphatic imine (C=N–C) groups is 1. The SMILES string of the molecule is CCCCC(CC)C(=O)N=C1C=C(N(CC)CC)C(C)=CC1=C1C(=O)C(c2cc(C)c(N(CC)CC)cc2NC(=O)C(CC)CCCC)=C1O. The van der Waals surface area contributed by atoms with Gasteiger partial charge in [0.15, 0.2) is 0 Å². The van der Waals surface area contributed by atoms with E-state index in [1.54, 1.807) is 0 Å². The summed E-state index contributed by atoms with van der Waals surface area (Å²) >= 11 is 0. The molecule has 0 spiro atoms. The van der Waals surface area contributed by atoms with E-state index in [1.807, 2.05) is 52.0 Å². The number of carbonyl (C=O) groups is 3. The number of anilines is 2. The lowest BCUT2D eigenvalue weighted by molar-refractivity contribution is -0.122. The van der Waals surface area contributed by atoms with Crippen molar-refractivity contribution in [3.8, 4) is 0 Å². The van der Waals surface area contributed by atoms with Crippen LogP contribution >= 0.6 is 0 Å². The summed E-state index contributed by atoms with van der Waals surface area (Å²) in [6.07, 6.45) is 10.6. The monoisotopic (exact) mass is 686 g/mol. The van der Waals surface area contributed by atoms with E-state index in [0.717, 1.165) is 87.2 Å². The molecule has 0 saturated heterocycles. The highest BCUT2D eigenvalue weighted by Crippen LogP contribution is 2.44. The van der Waals surface area contributed by atoms with Crippen LogP contribution in [0.15, 0.2) is 57.5 Å². The second kappa shape index (κ2) is 18.9. The van der Waals surface area contributed by atoms with Gasteiger partial charge in [0.2, 0.25) is 17.6 Å². The summed E-state index contributed by atoms with van der Waals surface area (Å²) in [6, 6.07) is 3.84. The molecular formula is C42H62N4O4. The average Bonchev–Trinajstić information content (AvgIpc) is 3.10. The Morgan fingerprint density at radius 1 is 0.800 bits per heavy atom. The van der Waals surface area contributed by atoms with E-state index < -0.39 is 0 Å². The van der Waals surface area contributed by atoms with Crippen molar-refractivity contribution in [2.24, 2.45) is 16.8 Å². The van der Waals surface area contributed by atoms with Crippen molar-refractivity contribution in [1.29, 1.82) is 0 Å². The Morgan fingerprint density at radius 3 is 1.90 bits per heavy atom. The largest absolute Gasteiger partial charge is 0.506 e. The number of rotatable bonds is 18. The summed E-state index contributed by atoms with van der Waals surface area (Å²) in [7, 11) is 0. The van der Waals surface area contributed by atoms with Crippen molar-refractivity contribution >= 4 is 40.3 Å². The molecule has 274 valence electrons. The van der Waals surface area contributed by atoms with Gasteiger partial charge in [0, 0.05) is 60.5 Å². The molecule has 8 heteroatoms. The molecule has 2 N–H and O–H groups in total. The number of hydrogen-bond acceptors (Lipinski definition) is 6. The molecule has 8 nitrogen and oxygen atoms in total. The van der Waals surface area contributed by atoms with Crippen LogP contribution in [0, 0.1) is 18.8 Å². The van der Waals surface area contributed by atoms with Gasteiger partial charge in [-0.1, -0.05) is 53.4 Å². The lowest BCUT2D eigenvalue weighted by atomic mass is 9.77. The number of Topliss-reactive ketones (excluding diaryl/α,β-unsaturated/α-hetero) is 1. The molecule has 0 aromatic heterocycles. The molecule has 0 saturated carbocycles. The molecule has 0 radical (unpaired) electrons. The topological polar surface area (TPSA) is 102 Å². The molecule has 50 heavy (non-hydrogen) atoms. The number of aryl methyl sites for hydroxylation is 1. The van der Waals surface area contributed by atoms with E-state index in [4.69, 9.17) is 0 Å². The first-order chi connectivity index (χ1) is 24.0. The number of benzene rings is 1. The number of amides is 2. The molecule has 0 fully saturated rings. The van der Waals surface area contributed by atoms with E-state index >= 15 is 0 Å². The summed E-state index contributed by atoms with van der Waals surface area (Å²) in [5.74, 6) is -1.11. The zero-order chi connectivity index (χ0) is 37.1. The third kappa shape index (κ3) is 8.85. The van der Waals surface area contributed by atoms with Crippen LogP contribution in [-0.2, 0) is 14.4 Å². The van der Waals surface area contributed by atoms with Gasteiger partial charge in [0.25, 0.3) is 0 Å². The standard InChI is InChI=1S/C42H62N4O4/c1-11-19-21-29(13-3)41(49)43-33-25-35(45(15-5)16-6)27(9)23-31(33)37-39(47)38(40(37)48)32-24-28(10)36(46(17-7)18-8)26-34(32)44-42(50)30(14-4)22-20-12-2/h23-26,29-30,47H,11-22H2,1-10H3,(H,43,49). The van der Waals surface area contributed by atoms with Crippen LogP contribution in [0.5, 0.6) is 0 Å². The highest BCUT2D eigenvalue weighted by Gasteiger charge is 2.40. The lowest BCUT2D eigenvalue weighted by Crippen LogP contribution is -2.30. The smallest absolute Gasteiger partial charge is 0.249 e. The van der Waals surface area contributed by atoms with Crippen molar-refractivity contribution in [2.45, 2.75) is 121 Å². The van der Waals surface area contributed by atoms with E-state index in [9.17, 15) is 19.5 Å². The fourth-order valence-electron chi connectivity index (χ4n) is 7.07. The molecule has 2 amide bonds. The molecule has 2 aliphatic carbocycles. The van der Waals surface area contributed by atoms with Gasteiger partial charge >= 0.3 is 0 Å².